The molecule has 0 fully saturated rings. The van der Waals surface area contributed by atoms with Crippen molar-refractivity contribution in [3.63, 3.8) is 0 Å². The number of Topliss-reactive ketones (excluding diaryl/α,β-unsaturated/α-hetero) is 1. The second kappa shape index (κ2) is 9.30. The number of ether oxygens (including phenoxy) is 1. The SMILES string of the molecule is CCOc1cccc(C2C(C(=O)c3sc(C)nc3C)=C(O)C(=O)N2c2ccc(N(C)C)cc2)c1. The maximum atomic E-state index is 13.7. The smallest absolute Gasteiger partial charge is 0.294 e. The molecule has 2 heterocycles. The van der Waals surface area contributed by atoms with Crippen LogP contribution in [0, 0.1) is 13.8 Å². The van der Waals surface area contributed by atoms with Gasteiger partial charge < -0.3 is 14.7 Å². The summed E-state index contributed by atoms with van der Waals surface area (Å²) in [6, 6.07) is 13.9. The number of aromatic nitrogens is 1. The summed E-state index contributed by atoms with van der Waals surface area (Å²) < 4.78 is 5.67. The second-order valence-electron chi connectivity index (χ2n) is 8.23. The van der Waals surface area contributed by atoms with Crippen LogP contribution >= 0.6 is 11.3 Å². The van der Waals surface area contributed by atoms with Crippen LogP contribution in [0.2, 0.25) is 0 Å². The maximum Gasteiger partial charge on any atom is 0.294 e. The number of hydrogen-bond donors (Lipinski definition) is 1. The number of aliphatic hydroxyl groups is 1. The van der Waals surface area contributed by atoms with E-state index in [1.165, 1.54) is 16.2 Å². The third-order valence-electron chi connectivity index (χ3n) is 5.69. The fourth-order valence-corrected chi connectivity index (χ4v) is 5.01. The molecule has 3 aromatic rings. The molecule has 1 unspecified atom stereocenters. The number of rotatable bonds is 7. The molecule has 1 aliphatic rings. The van der Waals surface area contributed by atoms with Gasteiger partial charge in [-0.2, -0.15) is 0 Å². The van der Waals surface area contributed by atoms with E-state index in [-0.39, 0.29) is 5.57 Å². The zero-order valence-corrected chi connectivity index (χ0v) is 20.6. The van der Waals surface area contributed by atoms with Crippen molar-refractivity contribution in [2.75, 3.05) is 30.5 Å². The fraction of sp³-hybridized carbons (Fsp3) is 0.269. The molecule has 0 saturated carbocycles. The van der Waals surface area contributed by atoms with Crippen molar-refractivity contribution in [3.05, 3.63) is 81.0 Å². The van der Waals surface area contributed by atoms with E-state index in [1.807, 2.05) is 75.3 Å². The molecule has 7 nitrogen and oxygen atoms in total. The zero-order chi connectivity index (χ0) is 24.6. The number of amides is 1. The normalized spacial score (nSPS) is 15.7. The highest BCUT2D eigenvalue weighted by atomic mass is 32.1. The monoisotopic (exact) mass is 477 g/mol. The summed E-state index contributed by atoms with van der Waals surface area (Å²) in [5.74, 6) is -0.933. The first-order valence-corrected chi connectivity index (χ1v) is 11.8. The molecule has 0 aliphatic carbocycles. The van der Waals surface area contributed by atoms with E-state index in [2.05, 4.69) is 4.98 Å². The van der Waals surface area contributed by atoms with Crippen LogP contribution in [0.5, 0.6) is 5.75 Å². The van der Waals surface area contributed by atoms with Gasteiger partial charge in [0, 0.05) is 25.5 Å². The van der Waals surface area contributed by atoms with Crippen LogP contribution in [0.25, 0.3) is 0 Å². The van der Waals surface area contributed by atoms with Crippen molar-refractivity contribution in [1.29, 1.82) is 0 Å². The molecule has 4 rings (SSSR count). The third kappa shape index (κ3) is 4.17. The molecule has 1 aliphatic heterocycles. The lowest BCUT2D eigenvalue weighted by Crippen LogP contribution is -2.31. The average molecular weight is 478 g/mol. The van der Waals surface area contributed by atoms with Crippen LogP contribution in [0.3, 0.4) is 0 Å². The second-order valence-corrected chi connectivity index (χ2v) is 9.44. The topological polar surface area (TPSA) is 83.0 Å². The van der Waals surface area contributed by atoms with Gasteiger partial charge in [-0.15, -0.1) is 11.3 Å². The highest BCUT2D eigenvalue weighted by molar-refractivity contribution is 7.14. The van der Waals surface area contributed by atoms with Gasteiger partial charge in [0.15, 0.2) is 5.76 Å². The maximum absolute atomic E-state index is 13.7. The Labute approximate surface area is 202 Å². The van der Waals surface area contributed by atoms with Crippen molar-refractivity contribution < 1.29 is 19.4 Å². The Morgan fingerprint density at radius 2 is 1.88 bits per heavy atom. The molecule has 1 amide bonds. The summed E-state index contributed by atoms with van der Waals surface area (Å²) in [5, 5.41) is 11.7. The van der Waals surface area contributed by atoms with Crippen molar-refractivity contribution in [2.45, 2.75) is 26.8 Å². The Morgan fingerprint density at radius 1 is 1.18 bits per heavy atom. The van der Waals surface area contributed by atoms with Gasteiger partial charge in [0.2, 0.25) is 5.78 Å². The van der Waals surface area contributed by atoms with Gasteiger partial charge in [0.05, 0.1) is 33.8 Å². The first kappa shape index (κ1) is 23.5. The summed E-state index contributed by atoms with van der Waals surface area (Å²) in [7, 11) is 3.86. The van der Waals surface area contributed by atoms with Gasteiger partial charge in [0.25, 0.3) is 5.91 Å². The van der Waals surface area contributed by atoms with Gasteiger partial charge >= 0.3 is 0 Å². The van der Waals surface area contributed by atoms with Crippen LogP contribution in [0.1, 0.15) is 38.9 Å². The number of carbonyl (C=O) groups is 2. The molecule has 0 bridgehead atoms. The first-order valence-electron chi connectivity index (χ1n) is 11.0. The van der Waals surface area contributed by atoms with E-state index in [0.717, 1.165) is 10.7 Å². The van der Waals surface area contributed by atoms with Crippen LogP contribution in [0.15, 0.2) is 59.9 Å². The average Bonchev–Trinajstić information content (AvgIpc) is 3.29. The number of thiazole rings is 1. The number of aryl methyl sites for hydroxylation is 2. The zero-order valence-electron chi connectivity index (χ0n) is 19.8. The Morgan fingerprint density at radius 3 is 2.47 bits per heavy atom. The summed E-state index contributed by atoms with van der Waals surface area (Å²) in [4.78, 5) is 35.3. The summed E-state index contributed by atoms with van der Waals surface area (Å²) in [6.45, 7) is 5.95. The number of hydrogen-bond acceptors (Lipinski definition) is 7. The molecule has 1 atom stereocenters. The summed E-state index contributed by atoms with van der Waals surface area (Å²) >= 11 is 1.26. The van der Waals surface area contributed by atoms with Crippen molar-refractivity contribution in [3.8, 4) is 5.75 Å². The highest BCUT2D eigenvalue weighted by Gasteiger charge is 2.45. The first-order chi connectivity index (χ1) is 16.2. The van der Waals surface area contributed by atoms with Crippen molar-refractivity contribution in [1.82, 2.24) is 4.98 Å². The third-order valence-corrected chi connectivity index (χ3v) is 6.76. The lowest BCUT2D eigenvalue weighted by molar-refractivity contribution is -0.117. The van der Waals surface area contributed by atoms with Crippen LogP contribution in [-0.4, -0.2) is 42.5 Å². The molecule has 34 heavy (non-hydrogen) atoms. The predicted molar refractivity (Wildman–Crippen MR) is 134 cm³/mol. The predicted octanol–water partition coefficient (Wildman–Crippen LogP) is 5.01. The van der Waals surface area contributed by atoms with E-state index in [4.69, 9.17) is 4.74 Å². The number of aliphatic hydroxyl groups excluding tert-OH is 1. The summed E-state index contributed by atoms with van der Waals surface area (Å²) in [6.07, 6.45) is 0. The molecule has 176 valence electrons. The molecule has 0 spiro atoms. The molecule has 0 radical (unpaired) electrons. The molecular formula is C26H27N3O4S. The minimum Gasteiger partial charge on any atom is -0.503 e. The van der Waals surface area contributed by atoms with E-state index >= 15 is 0 Å². The number of ketones is 1. The summed E-state index contributed by atoms with van der Waals surface area (Å²) in [5.41, 5.74) is 2.84. The molecule has 0 saturated heterocycles. The largest absolute Gasteiger partial charge is 0.503 e. The fourth-order valence-electron chi connectivity index (χ4n) is 4.14. The molecule has 8 heteroatoms. The van der Waals surface area contributed by atoms with Crippen LogP contribution in [0.4, 0.5) is 11.4 Å². The van der Waals surface area contributed by atoms with E-state index in [0.29, 0.717) is 34.2 Å². The van der Waals surface area contributed by atoms with Crippen LogP contribution in [-0.2, 0) is 4.79 Å². The number of anilines is 2. The highest BCUT2D eigenvalue weighted by Crippen LogP contribution is 2.43. The molecular weight excluding hydrogens is 450 g/mol. The molecule has 1 aromatic heterocycles. The lowest BCUT2D eigenvalue weighted by Gasteiger charge is -2.27. The number of nitrogens with zero attached hydrogens (tertiary/aromatic N) is 3. The minimum atomic E-state index is -0.813. The van der Waals surface area contributed by atoms with Crippen molar-refractivity contribution >= 4 is 34.4 Å². The lowest BCUT2D eigenvalue weighted by atomic mass is 9.94. The van der Waals surface area contributed by atoms with Gasteiger partial charge in [-0.1, -0.05) is 12.1 Å². The van der Waals surface area contributed by atoms with Gasteiger partial charge in [-0.25, -0.2) is 4.98 Å². The van der Waals surface area contributed by atoms with E-state index in [1.54, 1.807) is 13.0 Å². The van der Waals surface area contributed by atoms with Crippen molar-refractivity contribution in [2.24, 2.45) is 0 Å². The van der Waals surface area contributed by atoms with Crippen LogP contribution < -0.4 is 14.5 Å². The Balaban J connectivity index is 1.87. The van der Waals surface area contributed by atoms with Gasteiger partial charge in [-0.05, 0) is 62.7 Å². The number of carbonyl (C=O) groups excluding carboxylic acids is 2. The minimum absolute atomic E-state index is 0.0436. The Kier molecular flexibility index (Phi) is 6.43. The number of benzene rings is 2. The quantitative estimate of drug-likeness (QED) is 0.482. The Bertz CT molecular complexity index is 1280. The molecule has 2 aromatic carbocycles. The molecule has 1 N–H and O–H groups in total. The van der Waals surface area contributed by atoms with E-state index in [9.17, 15) is 14.7 Å². The van der Waals surface area contributed by atoms with Gasteiger partial charge in [0.1, 0.15) is 5.75 Å². The van der Waals surface area contributed by atoms with Gasteiger partial charge in [-0.3, -0.25) is 14.5 Å². The Hall–Kier alpha value is -3.65. The van der Waals surface area contributed by atoms with E-state index < -0.39 is 23.5 Å². The standard InChI is InChI=1S/C26H27N3O4S/c1-6-33-20-9-7-8-17(14-20)22-21(23(30)25-15(2)27-16(3)34-25)24(31)26(32)29(22)19-12-10-18(11-13-19)28(4)5/h7-14,22,31H,6H2,1-5H3.